The molecule has 0 unspecified atom stereocenters. The molecule has 0 saturated carbocycles. The van der Waals surface area contributed by atoms with E-state index in [4.69, 9.17) is 10.2 Å². The number of nitrogens with one attached hydrogen (secondary N) is 1. The predicted octanol–water partition coefficient (Wildman–Crippen LogP) is 0.806. The van der Waals surface area contributed by atoms with E-state index in [0.29, 0.717) is 13.0 Å². The van der Waals surface area contributed by atoms with E-state index in [1.807, 2.05) is 13.0 Å². The van der Waals surface area contributed by atoms with Crippen LogP contribution in [0.1, 0.15) is 25.1 Å². The Hall–Kier alpha value is -1.29. The highest BCUT2D eigenvalue weighted by atomic mass is 16.3. The second-order valence-electron chi connectivity index (χ2n) is 2.84. The van der Waals surface area contributed by atoms with Crippen molar-refractivity contribution in [1.29, 1.82) is 0 Å². The molecule has 0 spiro atoms. The Balaban J connectivity index is 2.42. The SMILES string of the molecule is C[C@H](NC(=O)CCN)c1ccco1. The maximum atomic E-state index is 11.1. The van der Waals surface area contributed by atoms with Crippen molar-refractivity contribution < 1.29 is 9.21 Å². The fourth-order valence-corrected chi connectivity index (χ4v) is 1.05. The van der Waals surface area contributed by atoms with Gasteiger partial charge in [0.15, 0.2) is 0 Å². The largest absolute Gasteiger partial charge is 0.467 e. The molecule has 0 aromatic carbocycles. The number of carbonyl (C=O) groups is 1. The van der Waals surface area contributed by atoms with Crippen molar-refractivity contribution in [3.05, 3.63) is 24.2 Å². The predicted molar refractivity (Wildman–Crippen MR) is 48.9 cm³/mol. The summed E-state index contributed by atoms with van der Waals surface area (Å²) in [5.41, 5.74) is 5.24. The highest BCUT2D eigenvalue weighted by Crippen LogP contribution is 2.11. The van der Waals surface area contributed by atoms with Crippen LogP contribution in [0, 0.1) is 0 Å². The number of furan rings is 1. The fraction of sp³-hybridized carbons (Fsp3) is 0.444. The first kappa shape index (κ1) is 9.80. The summed E-state index contributed by atoms with van der Waals surface area (Å²) in [6.07, 6.45) is 1.94. The van der Waals surface area contributed by atoms with Crippen molar-refractivity contribution in [2.45, 2.75) is 19.4 Å². The number of nitrogens with two attached hydrogens (primary N) is 1. The standard InChI is InChI=1S/C9H14N2O2/c1-7(8-3-2-6-13-8)11-9(12)4-5-10/h2-3,6-7H,4-5,10H2,1H3,(H,11,12)/t7-/m0/s1. The molecule has 1 aromatic heterocycles. The first-order valence-electron chi connectivity index (χ1n) is 4.27. The molecule has 1 rings (SSSR count). The van der Waals surface area contributed by atoms with E-state index in [1.54, 1.807) is 12.3 Å². The van der Waals surface area contributed by atoms with Crippen molar-refractivity contribution >= 4 is 5.91 Å². The van der Waals surface area contributed by atoms with E-state index in [-0.39, 0.29) is 11.9 Å². The van der Waals surface area contributed by atoms with Gasteiger partial charge in [0.25, 0.3) is 0 Å². The average Bonchev–Trinajstić information content (AvgIpc) is 2.55. The third kappa shape index (κ3) is 2.91. The number of amides is 1. The Kier molecular flexibility index (Phi) is 3.52. The van der Waals surface area contributed by atoms with Crippen LogP contribution in [0.3, 0.4) is 0 Å². The zero-order valence-corrected chi connectivity index (χ0v) is 7.62. The van der Waals surface area contributed by atoms with E-state index in [9.17, 15) is 4.79 Å². The second-order valence-corrected chi connectivity index (χ2v) is 2.84. The van der Waals surface area contributed by atoms with Gasteiger partial charge in [-0.2, -0.15) is 0 Å². The monoisotopic (exact) mass is 182 g/mol. The van der Waals surface area contributed by atoms with Crippen LogP contribution in [-0.4, -0.2) is 12.5 Å². The summed E-state index contributed by atoms with van der Waals surface area (Å²) < 4.78 is 5.13. The summed E-state index contributed by atoms with van der Waals surface area (Å²) in [5.74, 6) is 0.705. The number of hydrogen-bond acceptors (Lipinski definition) is 3. The minimum Gasteiger partial charge on any atom is -0.467 e. The van der Waals surface area contributed by atoms with Crippen LogP contribution in [0.5, 0.6) is 0 Å². The van der Waals surface area contributed by atoms with Gasteiger partial charge in [0.05, 0.1) is 12.3 Å². The molecule has 13 heavy (non-hydrogen) atoms. The van der Waals surface area contributed by atoms with Gasteiger partial charge in [-0.05, 0) is 19.1 Å². The molecule has 4 nitrogen and oxygen atoms in total. The Bertz CT molecular complexity index is 257. The van der Waals surface area contributed by atoms with Crippen molar-refractivity contribution in [2.75, 3.05) is 6.54 Å². The highest BCUT2D eigenvalue weighted by molar-refractivity contribution is 5.76. The summed E-state index contributed by atoms with van der Waals surface area (Å²) in [5, 5.41) is 2.77. The normalized spacial score (nSPS) is 12.5. The summed E-state index contributed by atoms with van der Waals surface area (Å²) in [7, 11) is 0. The first-order chi connectivity index (χ1) is 6.24. The molecule has 72 valence electrons. The van der Waals surface area contributed by atoms with Crippen LogP contribution < -0.4 is 11.1 Å². The van der Waals surface area contributed by atoms with Gasteiger partial charge in [-0.25, -0.2) is 0 Å². The summed E-state index contributed by atoms with van der Waals surface area (Å²) in [4.78, 5) is 11.1. The molecule has 0 fully saturated rings. The molecule has 0 bridgehead atoms. The molecular formula is C9H14N2O2. The fourth-order valence-electron chi connectivity index (χ4n) is 1.05. The Morgan fingerprint density at radius 1 is 1.77 bits per heavy atom. The Morgan fingerprint density at radius 3 is 3.08 bits per heavy atom. The molecule has 0 aliphatic carbocycles. The van der Waals surface area contributed by atoms with Crippen molar-refractivity contribution in [3.63, 3.8) is 0 Å². The molecule has 1 aromatic rings. The summed E-state index contributed by atoms with van der Waals surface area (Å²) >= 11 is 0. The lowest BCUT2D eigenvalue weighted by Gasteiger charge is -2.10. The number of carbonyl (C=O) groups excluding carboxylic acids is 1. The minimum atomic E-state index is -0.0888. The molecule has 0 radical (unpaired) electrons. The molecule has 3 N–H and O–H groups in total. The zero-order valence-electron chi connectivity index (χ0n) is 7.62. The van der Waals surface area contributed by atoms with Crippen LogP contribution in [0.15, 0.2) is 22.8 Å². The van der Waals surface area contributed by atoms with Gasteiger partial charge in [-0.15, -0.1) is 0 Å². The minimum absolute atomic E-state index is 0.0496. The lowest BCUT2D eigenvalue weighted by molar-refractivity contribution is -0.121. The topological polar surface area (TPSA) is 68.3 Å². The van der Waals surface area contributed by atoms with Gasteiger partial charge in [0.2, 0.25) is 5.91 Å². The third-order valence-corrected chi connectivity index (χ3v) is 1.72. The summed E-state index contributed by atoms with van der Waals surface area (Å²) in [6.45, 7) is 2.24. The first-order valence-corrected chi connectivity index (χ1v) is 4.27. The van der Waals surface area contributed by atoms with Gasteiger partial charge >= 0.3 is 0 Å². The van der Waals surface area contributed by atoms with Crippen LogP contribution in [0.2, 0.25) is 0 Å². The lowest BCUT2D eigenvalue weighted by Crippen LogP contribution is -2.28. The molecule has 1 heterocycles. The van der Waals surface area contributed by atoms with Crippen LogP contribution in [-0.2, 0) is 4.79 Å². The van der Waals surface area contributed by atoms with E-state index < -0.39 is 0 Å². The Morgan fingerprint density at radius 2 is 2.54 bits per heavy atom. The molecule has 1 amide bonds. The smallest absolute Gasteiger partial charge is 0.221 e. The highest BCUT2D eigenvalue weighted by Gasteiger charge is 2.10. The van der Waals surface area contributed by atoms with Crippen LogP contribution >= 0.6 is 0 Å². The van der Waals surface area contributed by atoms with Crippen molar-refractivity contribution in [1.82, 2.24) is 5.32 Å². The van der Waals surface area contributed by atoms with E-state index in [1.165, 1.54) is 0 Å². The van der Waals surface area contributed by atoms with E-state index >= 15 is 0 Å². The number of rotatable bonds is 4. The van der Waals surface area contributed by atoms with Gasteiger partial charge in [-0.1, -0.05) is 0 Å². The lowest BCUT2D eigenvalue weighted by atomic mass is 10.2. The molecule has 0 aliphatic heterocycles. The maximum Gasteiger partial charge on any atom is 0.221 e. The summed E-state index contributed by atoms with van der Waals surface area (Å²) in [6, 6.07) is 3.53. The molecule has 1 atom stereocenters. The Labute approximate surface area is 77.1 Å². The second kappa shape index (κ2) is 4.67. The third-order valence-electron chi connectivity index (χ3n) is 1.72. The maximum absolute atomic E-state index is 11.1. The van der Waals surface area contributed by atoms with Gasteiger partial charge in [0, 0.05) is 13.0 Å². The van der Waals surface area contributed by atoms with Gasteiger partial charge in [-0.3, -0.25) is 4.79 Å². The van der Waals surface area contributed by atoms with Crippen LogP contribution in [0.4, 0.5) is 0 Å². The van der Waals surface area contributed by atoms with Crippen molar-refractivity contribution in [3.8, 4) is 0 Å². The molecule has 0 saturated heterocycles. The molecule has 4 heteroatoms. The average molecular weight is 182 g/mol. The van der Waals surface area contributed by atoms with E-state index in [2.05, 4.69) is 5.32 Å². The van der Waals surface area contributed by atoms with E-state index in [0.717, 1.165) is 5.76 Å². The number of hydrogen-bond donors (Lipinski definition) is 2. The van der Waals surface area contributed by atoms with Gasteiger partial charge < -0.3 is 15.5 Å². The van der Waals surface area contributed by atoms with Gasteiger partial charge in [0.1, 0.15) is 5.76 Å². The van der Waals surface area contributed by atoms with Crippen LogP contribution in [0.25, 0.3) is 0 Å². The van der Waals surface area contributed by atoms with Crippen molar-refractivity contribution in [2.24, 2.45) is 5.73 Å². The molecule has 0 aliphatic rings. The molecular weight excluding hydrogens is 168 g/mol. The zero-order chi connectivity index (χ0) is 9.68. The quantitative estimate of drug-likeness (QED) is 0.723.